The molecule has 31 heavy (non-hydrogen) atoms. The molecule has 0 aliphatic heterocycles. The number of imidazole rings is 1. The second-order valence-corrected chi connectivity index (χ2v) is 7.21. The number of anilines is 1. The Hall–Kier alpha value is -4.33. The molecule has 0 aliphatic carbocycles. The van der Waals surface area contributed by atoms with Gasteiger partial charge < -0.3 is 9.72 Å². The largest absolute Gasteiger partial charge is 0.320 e. The summed E-state index contributed by atoms with van der Waals surface area (Å²) in [6, 6.07) is 18.7. The lowest BCUT2D eigenvalue weighted by Gasteiger charge is -2.09. The first-order valence-corrected chi connectivity index (χ1v) is 9.80. The zero-order valence-corrected chi connectivity index (χ0v) is 17.0. The fraction of sp³-hybridized carbons (Fsp3) is 0.0870. The first kappa shape index (κ1) is 18.7. The Morgan fingerprint density at radius 1 is 0.968 bits per heavy atom. The normalized spacial score (nSPS) is 11.0. The van der Waals surface area contributed by atoms with E-state index < -0.39 is 0 Å². The molecule has 4 heterocycles. The van der Waals surface area contributed by atoms with Crippen molar-refractivity contribution < 1.29 is 4.79 Å². The smallest absolute Gasteiger partial charge is 0.276 e. The molecule has 0 aliphatic rings. The summed E-state index contributed by atoms with van der Waals surface area (Å²) < 4.78 is 3.64. The molecule has 8 heteroatoms. The summed E-state index contributed by atoms with van der Waals surface area (Å²) in [6.07, 6.45) is 3.87. The van der Waals surface area contributed by atoms with Crippen LogP contribution in [-0.4, -0.2) is 35.3 Å². The lowest BCUT2D eigenvalue weighted by atomic mass is 10.1. The molecule has 0 spiro atoms. The lowest BCUT2D eigenvalue weighted by molar-refractivity contribution is 0.102. The predicted molar refractivity (Wildman–Crippen MR) is 117 cm³/mol. The van der Waals surface area contributed by atoms with E-state index in [-0.39, 0.29) is 11.6 Å². The van der Waals surface area contributed by atoms with Gasteiger partial charge in [0.2, 0.25) is 0 Å². The number of hydrogen-bond acceptors (Lipinski definition) is 5. The highest BCUT2D eigenvalue weighted by atomic mass is 16.1. The number of fused-ring (bicyclic) bond motifs is 1. The SMILES string of the molecule is Cc1cc(C)n(-c2ccc(C(=O)Nc3ccccc3-c3cn4ccccc4n3)nn2)n1. The number of carbonyl (C=O) groups is 1. The van der Waals surface area contributed by atoms with Crippen LogP contribution in [0.5, 0.6) is 0 Å². The summed E-state index contributed by atoms with van der Waals surface area (Å²) in [5.41, 5.74) is 5.15. The Labute approximate surface area is 178 Å². The highest BCUT2D eigenvalue weighted by Crippen LogP contribution is 2.27. The van der Waals surface area contributed by atoms with Gasteiger partial charge in [-0.3, -0.25) is 4.79 Å². The minimum absolute atomic E-state index is 0.218. The molecular weight excluding hydrogens is 390 g/mol. The second-order valence-electron chi connectivity index (χ2n) is 7.21. The minimum Gasteiger partial charge on any atom is -0.320 e. The third kappa shape index (κ3) is 3.55. The fourth-order valence-corrected chi connectivity index (χ4v) is 3.49. The van der Waals surface area contributed by atoms with Crippen molar-refractivity contribution in [3.8, 4) is 17.1 Å². The first-order valence-electron chi connectivity index (χ1n) is 9.80. The van der Waals surface area contributed by atoms with Gasteiger partial charge in [0.15, 0.2) is 11.5 Å². The zero-order chi connectivity index (χ0) is 21.4. The van der Waals surface area contributed by atoms with Crippen molar-refractivity contribution in [3.05, 3.63) is 90.1 Å². The van der Waals surface area contributed by atoms with Gasteiger partial charge in [0.25, 0.3) is 5.91 Å². The van der Waals surface area contributed by atoms with Gasteiger partial charge in [-0.2, -0.15) is 5.10 Å². The molecule has 5 rings (SSSR count). The molecule has 0 saturated heterocycles. The topological polar surface area (TPSA) is 90.0 Å². The van der Waals surface area contributed by atoms with Crippen LogP contribution in [0.25, 0.3) is 22.7 Å². The summed E-state index contributed by atoms with van der Waals surface area (Å²) in [6.45, 7) is 3.86. The van der Waals surface area contributed by atoms with Crippen LogP contribution >= 0.6 is 0 Å². The van der Waals surface area contributed by atoms with Crippen LogP contribution in [0.4, 0.5) is 5.69 Å². The first-order chi connectivity index (χ1) is 15.1. The number of rotatable bonds is 4. The summed E-state index contributed by atoms with van der Waals surface area (Å²) >= 11 is 0. The van der Waals surface area contributed by atoms with Crippen LogP contribution in [0.1, 0.15) is 21.9 Å². The summed E-state index contributed by atoms with van der Waals surface area (Å²) in [4.78, 5) is 17.5. The third-order valence-electron chi connectivity index (χ3n) is 4.92. The van der Waals surface area contributed by atoms with E-state index in [9.17, 15) is 4.79 Å². The van der Waals surface area contributed by atoms with Gasteiger partial charge in [-0.15, -0.1) is 10.2 Å². The molecule has 0 fully saturated rings. The maximum absolute atomic E-state index is 12.8. The highest BCUT2D eigenvalue weighted by Gasteiger charge is 2.15. The van der Waals surface area contributed by atoms with Crippen LogP contribution in [-0.2, 0) is 0 Å². The molecule has 4 aromatic heterocycles. The Kier molecular flexibility index (Phi) is 4.51. The van der Waals surface area contributed by atoms with E-state index >= 15 is 0 Å². The number of nitrogens with one attached hydrogen (secondary N) is 1. The van der Waals surface area contributed by atoms with Gasteiger partial charge in [-0.1, -0.05) is 24.3 Å². The summed E-state index contributed by atoms with van der Waals surface area (Å²) in [7, 11) is 0. The Balaban J connectivity index is 1.41. The van der Waals surface area contributed by atoms with E-state index in [2.05, 4.69) is 25.6 Å². The minimum atomic E-state index is -0.344. The van der Waals surface area contributed by atoms with Crippen molar-refractivity contribution in [1.82, 2.24) is 29.4 Å². The van der Waals surface area contributed by atoms with Gasteiger partial charge in [-0.25, -0.2) is 9.67 Å². The number of nitrogens with zero attached hydrogens (tertiary/aromatic N) is 6. The molecule has 5 aromatic rings. The Morgan fingerprint density at radius 2 is 1.81 bits per heavy atom. The number of aryl methyl sites for hydroxylation is 2. The average molecular weight is 409 g/mol. The van der Waals surface area contributed by atoms with Crippen molar-refractivity contribution in [2.45, 2.75) is 13.8 Å². The van der Waals surface area contributed by atoms with E-state index in [4.69, 9.17) is 0 Å². The number of para-hydroxylation sites is 1. The van der Waals surface area contributed by atoms with E-state index in [0.29, 0.717) is 11.5 Å². The molecule has 0 bridgehead atoms. The van der Waals surface area contributed by atoms with Gasteiger partial charge in [0, 0.05) is 23.7 Å². The van der Waals surface area contributed by atoms with Crippen LogP contribution in [0, 0.1) is 13.8 Å². The molecule has 0 unspecified atom stereocenters. The number of benzene rings is 1. The number of aromatic nitrogens is 6. The van der Waals surface area contributed by atoms with Crippen molar-refractivity contribution in [2.24, 2.45) is 0 Å². The highest BCUT2D eigenvalue weighted by molar-refractivity contribution is 6.04. The third-order valence-corrected chi connectivity index (χ3v) is 4.92. The standard InChI is InChI=1S/C23H19N7O/c1-15-13-16(2)30(28-15)22-11-10-19(26-27-22)23(31)25-18-8-4-3-7-17(18)20-14-29-12-6-5-9-21(29)24-20/h3-14H,1-2H3,(H,25,31). The van der Waals surface area contributed by atoms with E-state index in [0.717, 1.165) is 28.3 Å². The molecule has 152 valence electrons. The van der Waals surface area contributed by atoms with Crippen molar-refractivity contribution in [1.29, 1.82) is 0 Å². The number of amides is 1. The van der Waals surface area contributed by atoms with Gasteiger partial charge in [0.05, 0.1) is 17.1 Å². The molecule has 0 atom stereocenters. The van der Waals surface area contributed by atoms with E-state index in [1.807, 2.05) is 79.2 Å². The molecule has 1 amide bonds. The molecule has 8 nitrogen and oxygen atoms in total. The lowest BCUT2D eigenvalue weighted by Crippen LogP contribution is -2.16. The van der Waals surface area contributed by atoms with E-state index in [1.54, 1.807) is 16.8 Å². The molecule has 1 N–H and O–H groups in total. The molecule has 0 radical (unpaired) electrons. The molecule has 1 aromatic carbocycles. The predicted octanol–water partition coefficient (Wildman–Crippen LogP) is 3.85. The Morgan fingerprint density at radius 3 is 2.55 bits per heavy atom. The van der Waals surface area contributed by atoms with Crippen molar-refractivity contribution in [3.63, 3.8) is 0 Å². The molecule has 0 saturated carbocycles. The summed E-state index contributed by atoms with van der Waals surface area (Å²) in [5, 5.41) is 15.6. The van der Waals surface area contributed by atoms with Crippen LogP contribution in [0.2, 0.25) is 0 Å². The van der Waals surface area contributed by atoms with Crippen molar-refractivity contribution in [2.75, 3.05) is 5.32 Å². The van der Waals surface area contributed by atoms with Gasteiger partial charge in [0.1, 0.15) is 5.65 Å². The maximum atomic E-state index is 12.8. The monoisotopic (exact) mass is 409 g/mol. The van der Waals surface area contributed by atoms with Crippen LogP contribution in [0.15, 0.2) is 73.1 Å². The van der Waals surface area contributed by atoms with E-state index in [1.165, 1.54) is 0 Å². The maximum Gasteiger partial charge on any atom is 0.276 e. The number of hydrogen-bond donors (Lipinski definition) is 1. The van der Waals surface area contributed by atoms with Crippen LogP contribution < -0.4 is 5.32 Å². The summed E-state index contributed by atoms with van der Waals surface area (Å²) in [5.74, 6) is 0.218. The fourth-order valence-electron chi connectivity index (χ4n) is 3.49. The van der Waals surface area contributed by atoms with Crippen molar-refractivity contribution >= 4 is 17.2 Å². The van der Waals surface area contributed by atoms with Crippen LogP contribution in [0.3, 0.4) is 0 Å². The average Bonchev–Trinajstić information content (AvgIpc) is 3.36. The van der Waals surface area contributed by atoms with Gasteiger partial charge >= 0.3 is 0 Å². The molecular formula is C23H19N7O. The number of carbonyl (C=O) groups excluding carboxylic acids is 1. The van der Waals surface area contributed by atoms with Gasteiger partial charge in [-0.05, 0) is 50.2 Å². The quantitative estimate of drug-likeness (QED) is 0.487. The zero-order valence-electron chi connectivity index (χ0n) is 17.0. The second kappa shape index (κ2) is 7.49. The number of pyridine rings is 1. The Bertz CT molecular complexity index is 1370.